The first-order valence-corrected chi connectivity index (χ1v) is 43.6. The Morgan fingerprint density at radius 1 is 0.885 bits per heavy atom. The van der Waals surface area contributed by atoms with Crippen molar-refractivity contribution in [1.82, 2.24) is 0 Å². The third-order valence-corrected chi connectivity index (χ3v) is 14.6. The minimum Gasteiger partial charge on any atom is -1.00 e. The van der Waals surface area contributed by atoms with Crippen molar-refractivity contribution in [3.8, 4) is 0 Å². The van der Waals surface area contributed by atoms with Crippen LogP contribution in [0.2, 0.25) is 0 Å². The van der Waals surface area contributed by atoms with Crippen LogP contribution < -0.4 is 23.7 Å². The number of nitrogens with two attached hydrogens (primary N) is 2. The number of rotatable bonds is 11. The Balaban J connectivity index is -0.0000000383. The van der Waals surface area contributed by atoms with Gasteiger partial charge in [0.2, 0.25) is 0 Å². The van der Waals surface area contributed by atoms with Crippen molar-refractivity contribution in [3.63, 3.8) is 0 Å². The molecule has 0 aliphatic carbocycles. The summed E-state index contributed by atoms with van der Waals surface area (Å²) in [6.45, 7) is 26.3. The number of nitrogens with zero attached hydrogens (tertiary/aromatic N) is 1. The van der Waals surface area contributed by atoms with Crippen LogP contribution in [0.5, 0.6) is 0 Å². The van der Waals surface area contributed by atoms with E-state index < -0.39 is 64.9 Å². The Labute approximate surface area is 449 Å². The number of hydrogen-bond acceptors (Lipinski definition) is 6. The van der Waals surface area contributed by atoms with Gasteiger partial charge in [-0.25, -0.2) is 0 Å². The average Bonchev–Trinajstić information content (AvgIpc) is 3.15. The fourth-order valence-electron chi connectivity index (χ4n) is 1.21. The molecule has 0 fully saturated rings. The quantitative estimate of drug-likeness (QED) is 0.0403. The Hall–Kier alpha value is 2.93. The van der Waals surface area contributed by atoms with E-state index >= 15 is 0 Å². The maximum atomic E-state index is 10.4. The first kappa shape index (κ1) is 97.6. The van der Waals surface area contributed by atoms with Crippen molar-refractivity contribution >= 4 is 251 Å². The minimum absolute atomic E-state index is 0. The molecule has 25 radical (unpaired) electrons. The zero-order valence-corrected chi connectivity index (χ0v) is 50.5. The molecule has 0 heterocycles. The molecular weight excluding hydrogens is 1340 g/mol. The van der Waals surface area contributed by atoms with Gasteiger partial charge in [0.05, 0.1) is 0 Å². The van der Waals surface area contributed by atoms with Crippen molar-refractivity contribution in [3.05, 3.63) is 120 Å². The van der Waals surface area contributed by atoms with E-state index in [0.29, 0.717) is 0 Å². The second-order valence-electron chi connectivity index (χ2n) is 7.45. The monoisotopic (exact) mass is 1390 g/mol. The molecule has 0 unspecified atom stereocenters. The third kappa shape index (κ3) is 162. The van der Waals surface area contributed by atoms with Gasteiger partial charge in [0.1, 0.15) is 5.70 Å². The van der Waals surface area contributed by atoms with E-state index in [9.17, 15) is 3.74 Å². The summed E-state index contributed by atoms with van der Waals surface area (Å²) in [6.07, 6.45) is 17.4. The van der Waals surface area contributed by atoms with Gasteiger partial charge in [-0.3, -0.25) is 0 Å². The Bertz CT molecular complexity index is 1130. The molecule has 8 nitrogen and oxygen atoms in total. The first-order valence-electron chi connectivity index (χ1n) is 14.7. The molecule has 0 aromatic rings. The summed E-state index contributed by atoms with van der Waals surface area (Å²) >= 11 is -7.41. The van der Waals surface area contributed by atoms with Gasteiger partial charge < -0.3 is 18.1 Å². The van der Waals surface area contributed by atoms with Crippen LogP contribution in [0, 0.1) is 0 Å². The molecule has 0 amide bonds. The van der Waals surface area contributed by atoms with Crippen LogP contribution in [0.3, 0.4) is 0 Å². The van der Waals surface area contributed by atoms with E-state index in [1.165, 1.54) is 19.2 Å². The van der Waals surface area contributed by atoms with Gasteiger partial charge in [-0.2, -0.15) is 5.53 Å². The summed E-state index contributed by atoms with van der Waals surface area (Å²) in [5.41, 5.74) is 11.5. The van der Waals surface area contributed by atoms with E-state index in [1.807, 2.05) is 64.5 Å². The third-order valence-electron chi connectivity index (χ3n) is 3.39. The average molecular weight is 1390 g/mol. The van der Waals surface area contributed by atoms with E-state index in [2.05, 4.69) is 96.5 Å². The van der Waals surface area contributed by atoms with Gasteiger partial charge in [-0.15, -0.1) is 0 Å². The van der Waals surface area contributed by atoms with Gasteiger partial charge in [0, 0.05) is 118 Å². The van der Waals surface area contributed by atoms with Crippen molar-refractivity contribution in [2.24, 2.45) is 10.8 Å². The maximum Gasteiger partial charge on any atom is 0 e. The maximum absolute atomic E-state index is 10.4. The molecule has 317 valence electrons. The molecule has 0 saturated carbocycles. The molecule has 0 bridgehead atoms. The summed E-state index contributed by atoms with van der Waals surface area (Å²) in [4.78, 5) is 0. The Kier molecular flexibility index (Phi) is 143. The largest absolute Gasteiger partial charge is 1.00 e. The predicted molar refractivity (Wildman–Crippen MR) is 313 cm³/mol. The molecule has 36 heteroatoms. The van der Waals surface area contributed by atoms with Crippen LogP contribution in [-0.2, 0) is 8.07 Å². The second kappa shape index (κ2) is 89.5. The molecule has 7 N–H and O–H groups in total. The molecular formula is C25H43As3B15Cl7I2N3O5S. The topological polar surface area (TPSA) is 151 Å². The molecule has 0 saturated heterocycles. The van der Waals surface area contributed by atoms with Gasteiger partial charge in [-0.1, -0.05) is 50.1 Å². The number of halogens is 9. The van der Waals surface area contributed by atoms with Crippen LogP contribution in [0.15, 0.2) is 125 Å². The standard InChI is InChI=1S/C5H7AsCl2.C5H9AsO3.C5H8N2.C5H9N.C5H8.AsCl3.B5.B4.B3.B2.B.ClHI2O2S.ClH/c1-3-5(4-2)6(7)8;1-3-5(4-2)6(7,8)9;1-3-5(4-2)7-6;1-3-5(6)4-2;1-3-5-4-2;2-1(3)4;1-4-5(2)3;1-4(2)3;1-3-2;1-2;;1-3(2)6-5-4;/h3-4H,1H2,2H3;3-4H,1H2,2H3,(H2,7,8,9);3-4,6H,1H2,2H3;3-4H,1,6H2,2H3;3-5H,1H2,2H3;;;;;;;4H;1H/b2*5-4+;5-4+,7-6?;5-4+;5-4-;;;;;;;;. The molecule has 0 atom stereocenters. The zero-order valence-electron chi connectivity index (χ0n) is 34.5. The fourth-order valence-corrected chi connectivity index (χ4v) is 6.90. The van der Waals surface area contributed by atoms with Crippen molar-refractivity contribution < 1.29 is 39.5 Å². The molecule has 0 rings (SSSR count). The summed E-state index contributed by atoms with van der Waals surface area (Å²) in [7, 11) is 80.2. The van der Waals surface area contributed by atoms with E-state index in [4.69, 9.17) is 107 Å². The Morgan fingerprint density at radius 3 is 1.25 bits per heavy atom. The number of allylic oxidation sites excluding steroid dienone is 13. The molecule has 0 aromatic heterocycles. The van der Waals surface area contributed by atoms with Crippen LogP contribution in [0.4, 0.5) is 0 Å². The van der Waals surface area contributed by atoms with Crippen LogP contribution in [0.1, 0.15) is 34.6 Å². The summed E-state index contributed by atoms with van der Waals surface area (Å²) in [5.74, 6) is 0. The first-order chi connectivity index (χ1) is 27.2. The Morgan fingerprint density at radius 2 is 1.25 bits per heavy atom. The predicted octanol–water partition coefficient (Wildman–Crippen LogP) is 1.74. The molecule has 0 aromatic carbocycles. The van der Waals surface area contributed by atoms with Gasteiger partial charge in [-0.05, 0) is 38.0 Å². The normalized spacial score (nSPS) is 9.56. The summed E-state index contributed by atoms with van der Waals surface area (Å²) in [5, 5.41) is 11.0. The van der Waals surface area contributed by atoms with E-state index in [0.717, 1.165) is 32.0 Å². The molecule has 0 aliphatic rings. The molecule has 0 aliphatic heterocycles. The molecule has 61 heavy (non-hydrogen) atoms. The second-order valence-corrected chi connectivity index (χ2v) is 45.9. The van der Waals surface area contributed by atoms with Gasteiger partial charge in [0.15, 0.2) is 0 Å². The SMILES string of the molecule is C=C/C(=C\C)N=[NH2+].C=C/C(=C\C)[As](=O)(O)O.C=C/C(=C\C)[As](Cl)Cl.C=C/C(N)=C\C.C=C/C=C\C.Cl[As](Cl)Cl.OOSI(Cl)I.[B].[B]B([B])[B].[B][B].[B][B]B([B])[B].[B][B][B].[Cl-]. The van der Waals surface area contributed by atoms with Crippen LogP contribution >= 0.6 is 99.8 Å². The van der Waals surface area contributed by atoms with Crippen molar-refractivity contribution in [2.45, 2.75) is 34.6 Å². The number of hydrogen-bond donors (Lipinski definition) is 5. The smallest absolute Gasteiger partial charge is 0 e. The van der Waals surface area contributed by atoms with Gasteiger partial charge >= 0.3 is 220 Å². The summed E-state index contributed by atoms with van der Waals surface area (Å²) < 4.78 is 32.1. The van der Waals surface area contributed by atoms with Gasteiger partial charge in [0.25, 0.3) is 0 Å². The summed E-state index contributed by atoms with van der Waals surface area (Å²) in [6, 6.07) is 0. The minimum atomic E-state index is -4.60. The van der Waals surface area contributed by atoms with Crippen LogP contribution in [0.25, 0.3) is 0 Å². The fraction of sp³-hybridized carbons (Fsp3) is 0.200. The van der Waals surface area contributed by atoms with Crippen molar-refractivity contribution in [2.75, 3.05) is 0 Å². The van der Waals surface area contributed by atoms with Crippen LogP contribution in [-0.4, -0.2) is 165 Å². The van der Waals surface area contributed by atoms with E-state index in [1.54, 1.807) is 43.4 Å². The zero-order chi connectivity index (χ0) is 50.0. The van der Waals surface area contributed by atoms with Crippen molar-refractivity contribution in [1.29, 1.82) is 0 Å². The molecule has 0 spiro atoms. The van der Waals surface area contributed by atoms with E-state index in [-0.39, 0.29) is 25.2 Å².